The van der Waals surface area contributed by atoms with E-state index in [-0.39, 0.29) is 18.1 Å². The van der Waals surface area contributed by atoms with E-state index < -0.39 is 17.8 Å². The second-order valence-corrected chi connectivity index (χ2v) is 11.8. The summed E-state index contributed by atoms with van der Waals surface area (Å²) in [6, 6.07) is 23.8. The summed E-state index contributed by atoms with van der Waals surface area (Å²) in [5.41, 5.74) is 8.51. The quantitative estimate of drug-likeness (QED) is 0.240. The Balaban J connectivity index is 1.69. The maximum Gasteiger partial charge on any atom is 0.407 e. The Morgan fingerprint density at radius 1 is 0.902 bits per heavy atom. The molecule has 8 heteroatoms. The lowest BCUT2D eigenvalue weighted by Crippen LogP contribution is -2.41. The Morgan fingerprint density at radius 2 is 1.61 bits per heavy atom. The number of nitrogens with two attached hydrogens (primary N) is 1. The van der Waals surface area contributed by atoms with Crippen molar-refractivity contribution in [1.82, 2.24) is 10.3 Å². The lowest BCUT2D eigenvalue weighted by molar-refractivity contribution is 0.0488. The Morgan fingerprint density at radius 3 is 2.24 bits per heavy atom. The van der Waals surface area contributed by atoms with Gasteiger partial charge >= 0.3 is 12.2 Å². The van der Waals surface area contributed by atoms with Gasteiger partial charge in [-0.1, -0.05) is 67.6 Å². The molecule has 0 aliphatic rings. The molecule has 3 aromatic rings. The van der Waals surface area contributed by atoms with E-state index in [2.05, 4.69) is 41.5 Å². The summed E-state index contributed by atoms with van der Waals surface area (Å²) in [4.78, 5) is 28.7. The number of benzene rings is 2. The molecule has 1 heterocycles. The van der Waals surface area contributed by atoms with Gasteiger partial charge in [-0.25, -0.2) is 14.6 Å². The number of hydrogen-bond donors (Lipinski definition) is 2. The van der Waals surface area contributed by atoms with Gasteiger partial charge in [0.2, 0.25) is 5.88 Å². The van der Waals surface area contributed by atoms with Crippen molar-refractivity contribution >= 4 is 12.2 Å². The van der Waals surface area contributed by atoms with Crippen molar-refractivity contribution in [2.24, 2.45) is 11.1 Å². The minimum Gasteiger partial charge on any atom is -0.481 e. The van der Waals surface area contributed by atoms with Crippen molar-refractivity contribution in [1.29, 1.82) is 0 Å². The summed E-state index contributed by atoms with van der Waals surface area (Å²) in [5.74, 6) is 0.573. The molecule has 0 aliphatic carbocycles. The molecular formula is C33H43N3O5. The van der Waals surface area contributed by atoms with Gasteiger partial charge in [-0.3, -0.25) is 0 Å². The van der Waals surface area contributed by atoms with Crippen LogP contribution in [0.5, 0.6) is 5.88 Å². The number of nitrogens with one attached hydrogen (secondary N) is 1. The Labute approximate surface area is 243 Å². The maximum absolute atomic E-state index is 12.6. The molecule has 0 aliphatic heterocycles. The summed E-state index contributed by atoms with van der Waals surface area (Å²) in [5, 5.41) is 3.05. The molecular weight excluding hydrogens is 518 g/mol. The first kappa shape index (κ1) is 31.5. The standard InChI is InChI=1S/C33H43N3O5/c1-32(2,3)41-31(38)35-27(22-25-10-7-6-8-11-25)19-21-33(4,23-40-30(34)37)20-18-24-14-16-26(17-15-24)28-12-9-13-29(36-28)39-5/h6-17,27H,18-23H2,1-5H3,(H2,34,37)(H,35,38)/t27-,33?/m0/s1. The number of methoxy groups -OCH3 is 1. The van der Waals surface area contributed by atoms with Crippen LogP contribution in [0.15, 0.2) is 72.8 Å². The van der Waals surface area contributed by atoms with E-state index in [4.69, 9.17) is 19.9 Å². The third-order valence-electron chi connectivity index (χ3n) is 6.90. The third kappa shape index (κ3) is 11.1. The zero-order chi connectivity index (χ0) is 29.9. The first-order valence-corrected chi connectivity index (χ1v) is 14.0. The van der Waals surface area contributed by atoms with Crippen molar-refractivity contribution < 1.29 is 23.8 Å². The van der Waals surface area contributed by atoms with Crippen molar-refractivity contribution in [3.05, 3.63) is 83.9 Å². The van der Waals surface area contributed by atoms with Crippen LogP contribution in [-0.2, 0) is 22.3 Å². The summed E-state index contributed by atoms with van der Waals surface area (Å²) >= 11 is 0. The zero-order valence-electron chi connectivity index (χ0n) is 24.8. The number of nitrogens with zero attached hydrogens (tertiary/aromatic N) is 1. The number of hydrogen-bond acceptors (Lipinski definition) is 6. The van der Waals surface area contributed by atoms with Gasteiger partial charge in [0.1, 0.15) is 5.60 Å². The van der Waals surface area contributed by atoms with E-state index in [1.165, 1.54) is 0 Å². The maximum atomic E-state index is 12.6. The molecule has 8 nitrogen and oxygen atoms in total. The SMILES string of the molecule is COc1cccc(-c2ccc(CCC(C)(CC[C@@H](Cc3ccccc3)NC(=O)OC(C)(C)C)COC(N)=O)cc2)n1. The lowest BCUT2D eigenvalue weighted by Gasteiger charge is -2.31. The largest absolute Gasteiger partial charge is 0.481 e. The Hall–Kier alpha value is -4.07. The van der Waals surface area contributed by atoms with Crippen LogP contribution in [0.4, 0.5) is 9.59 Å². The van der Waals surface area contributed by atoms with Crippen LogP contribution in [0.3, 0.4) is 0 Å². The summed E-state index contributed by atoms with van der Waals surface area (Å²) in [7, 11) is 1.60. The average molecular weight is 562 g/mol. The number of carbonyl (C=O) groups is 2. The molecule has 2 amide bonds. The van der Waals surface area contributed by atoms with Crippen LogP contribution < -0.4 is 15.8 Å². The van der Waals surface area contributed by atoms with Gasteiger partial charge in [-0.2, -0.15) is 0 Å². The molecule has 3 N–H and O–H groups in total. The molecule has 1 aromatic heterocycles. The number of carbonyl (C=O) groups excluding carboxylic acids is 2. The Bertz CT molecular complexity index is 1260. The van der Waals surface area contributed by atoms with E-state index in [0.29, 0.717) is 25.1 Å². The fourth-order valence-corrected chi connectivity index (χ4v) is 4.61. The van der Waals surface area contributed by atoms with Gasteiger partial charge in [-0.05, 0) is 70.1 Å². The van der Waals surface area contributed by atoms with E-state index in [1.54, 1.807) is 7.11 Å². The van der Waals surface area contributed by atoms with Gasteiger partial charge in [0.25, 0.3) is 0 Å². The molecule has 3 rings (SSSR count). The van der Waals surface area contributed by atoms with Crippen LogP contribution in [0.1, 0.15) is 58.1 Å². The molecule has 0 saturated heterocycles. The molecule has 1 unspecified atom stereocenters. The van der Waals surface area contributed by atoms with Crippen LogP contribution in [0.2, 0.25) is 0 Å². The predicted molar refractivity (Wildman–Crippen MR) is 161 cm³/mol. The smallest absolute Gasteiger partial charge is 0.407 e. The molecule has 0 radical (unpaired) electrons. The predicted octanol–water partition coefficient (Wildman–Crippen LogP) is 6.71. The number of aryl methyl sites for hydroxylation is 1. The van der Waals surface area contributed by atoms with Gasteiger partial charge < -0.3 is 25.3 Å². The molecule has 0 saturated carbocycles. The number of primary amides is 1. The number of ether oxygens (including phenoxy) is 3. The minimum absolute atomic E-state index is 0.158. The first-order chi connectivity index (χ1) is 19.4. The van der Waals surface area contributed by atoms with Crippen molar-refractivity contribution in [2.75, 3.05) is 13.7 Å². The molecule has 2 atom stereocenters. The minimum atomic E-state index is -0.793. The number of pyridine rings is 1. The van der Waals surface area contributed by atoms with Crippen LogP contribution in [0, 0.1) is 5.41 Å². The van der Waals surface area contributed by atoms with E-state index >= 15 is 0 Å². The van der Waals surface area contributed by atoms with Crippen LogP contribution in [-0.4, -0.2) is 42.5 Å². The number of alkyl carbamates (subject to hydrolysis) is 1. The van der Waals surface area contributed by atoms with Crippen molar-refractivity contribution in [3.8, 4) is 17.1 Å². The fourth-order valence-electron chi connectivity index (χ4n) is 4.61. The molecule has 0 spiro atoms. The van der Waals surface area contributed by atoms with Gasteiger partial charge in [0.05, 0.1) is 19.4 Å². The highest BCUT2D eigenvalue weighted by molar-refractivity contribution is 5.68. The van der Waals surface area contributed by atoms with Gasteiger partial charge in [-0.15, -0.1) is 0 Å². The van der Waals surface area contributed by atoms with E-state index in [0.717, 1.165) is 35.2 Å². The summed E-state index contributed by atoms with van der Waals surface area (Å²) in [6.07, 6.45) is 2.35. The number of rotatable bonds is 13. The monoisotopic (exact) mass is 561 g/mol. The number of aromatic nitrogens is 1. The van der Waals surface area contributed by atoms with Crippen molar-refractivity contribution in [2.45, 2.75) is 71.4 Å². The zero-order valence-corrected chi connectivity index (χ0v) is 24.8. The van der Waals surface area contributed by atoms with E-state index in [1.807, 2.05) is 69.3 Å². The van der Waals surface area contributed by atoms with Crippen LogP contribution in [0.25, 0.3) is 11.3 Å². The molecule has 0 fully saturated rings. The Kier molecular flexibility index (Phi) is 11.1. The van der Waals surface area contributed by atoms with Crippen molar-refractivity contribution in [3.63, 3.8) is 0 Å². The normalized spacial score (nSPS) is 13.5. The highest BCUT2D eigenvalue weighted by Crippen LogP contribution is 2.32. The third-order valence-corrected chi connectivity index (χ3v) is 6.90. The second kappa shape index (κ2) is 14.5. The van der Waals surface area contributed by atoms with Gasteiger partial charge in [0.15, 0.2) is 0 Å². The fraction of sp³-hybridized carbons (Fsp3) is 0.424. The summed E-state index contributed by atoms with van der Waals surface area (Å²) in [6.45, 7) is 7.82. The lowest BCUT2D eigenvalue weighted by atomic mass is 9.79. The summed E-state index contributed by atoms with van der Waals surface area (Å²) < 4.78 is 16.1. The molecule has 2 aromatic carbocycles. The molecule has 220 valence electrons. The average Bonchev–Trinajstić information content (AvgIpc) is 2.94. The molecule has 41 heavy (non-hydrogen) atoms. The van der Waals surface area contributed by atoms with Crippen LogP contribution >= 0.6 is 0 Å². The second-order valence-electron chi connectivity index (χ2n) is 11.8. The van der Waals surface area contributed by atoms with Gasteiger partial charge in [0, 0.05) is 23.1 Å². The highest BCUT2D eigenvalue weighted by atomic mass is 16.6. The first-order valence-electron chi connectivity index (χ1n) is 14.0. The van der Waals surface area contributed by atoms with E-state index in [9.17, 15) is 9.59 Å². The topological polar surface area (TPSA) is 113 Å². The number of amides is 2. The highest BCUT2D eigenvalue weighted by Gasteiger charge is 2.28. The molecule has 0 bridgehead atoms.